The van der Waals surface area contributed by atoms with E-state index in [1.54, 1.807) is 36.2 Å². The summed E-state index contributed by atoms with van der Waals surface area (Å²) in [4.78, 5) is 13.6. The van der Waals surface area contributed by atoms with Crippen LogP contribution in [0.2, 0.25) is 0 Å². The molecule has 5 heteroatoms. The summed E-state index contributed by atoms with van der Waals surface area (Å²) in [6.07, 6.45) is 1.46. The topological polar surface area (TPSA) is 42.7 Å². The minimum atomic E-state index is -0.407. The van der Waals surface area contributed by atoms with Crippen molar-refractivity contribution in [3.05, 3.63) is 53.7 Å². The van der Waals surface area contributed by atoms with E-state index in [9.17, 15) is 9.18 Å². The van der Waals surface area contributed by atoms with E-state index < -0.39 is 5.82 Å². The van der Waals surface area contributed by atoms with Gasteiger partial charge in [-0.05, 0) is 36.9 Å². The maximum absolute atomic E-state index is 13.6. The van der Waals surface area contributed by atoms with Crippen molar-refractivity contribution in [1.82, 2.24) is 4.90 Å². The fourth-order valence-corrected chi connectivity index (χ4v) is 1.94. The summed E-state index contributed by atoms with van der Waals surface area (Å²) in [6, 6.07) is 8.06. The predicted molar refractivity (Wildman–Crippen MR) is 72.3 cm³/mol. The zero-order valence-electron chi connectivity index (χ0n) is 11.4. The number of hydrogen-bond acceptors (Lipinski definition) is 4. The summed E-state index contributed by atoms with van der Waals surface area (Å²) in [7, 11) is 3.22. The molecule has 106 valence electrons. The van der Waals surface area contributed by atoms with E-state index in [0.29, 0.717) is 12.3 Å². The molecule has 2 aromatic rings. The average Bonchev–Trinajstić information content (AvgIpc) is 2.92. The SMILES string of the molecule is COc1ccc(CN(C)CC(=O)c2ccco2)cc1F. The molecule has 2 rings (SSSR count). The van der Waals surface area contributed by atoms with Gasteiger partial charge in [-0.15, -0.1) is 0 Å². The normalized spacial score (nSPS) is 10.8. The number of rotatable bonds is 6. The van der Waals surface area contributed by atoms with Crippen LogP contribution in [0.1, 0.15) is 16.1 Å². The molecule has 0 unspecified atom stereocenters. The number of likely N-dealkylation sites (N-methyl/N-ethyl adjacent to an activating group) is 1. The van der Waals surface area contributed by atoms with Crippen LogP contribution in [0.15, 0.2) is 41.0 Å². The number of carbonyl (C=O) groups excluding carboxylic acids is 1. The molecule has 0 atom stereocenters. The van der Waals surface area contributed by atoms with Gasteiger partial charge in [0.1, 0.15) is 0 Å². The summed E-state index contributed by atoms with van der Waals surface area (Å²) in [5.74, 6) is 0.0306. The second-order valence-corrected chi connectivity index (χ2v) is 4.54. The molecule has 20 heavy (non-hydrogen) atoms. The molecule has 0 amide bonds. The lowest BCUT2D eigenvalue weighted by atomic mass is 10.2. The minimum absolute atomic E-state index is 0.105. The lowest BCUT2D eigenvalue weighted by molar-refractivity contribution is 0.0915. The van der Waals surface area contributed by atoms with Crippen LogP contribution in [0.5, 0.6) is 5.75 Å². The van der Waals surface area contributed by atoms with Crippen LogP contribution < -0.4 is 4.74 Å². The monoisotopic (exact) mass is 277 g/mol. The molecule has 0 bridgehead atoms. The molecule has 0 spiro atoms. The summed E-state index contributed by atoms with van der Waals surface area (Å²) in [5.41, 5.74) is 0.776. The predicted octanol–water partition coefficient (Wildman–Crippen LogP) is 2.74. The van der Waals surface area contributed by atoms with E-state index in [2.05, 4.69) is 0 Å². The molecule has 0 aliphatic carbocycles. The van der Waals surface area contributed by atoms with E-state index >= 15 is 0 Å². The highest BCUT2D eigenvalue weighted by molar-refractivity contribution is 5.94. The highest BCUT2D eigenvalue weighted by Crippen LogP contribution is 2.18. The Labute approximate surface area is 116 Å². The van der Waals surface area contributed by atoms with Crippen molar-refractivity contribution in [1.29, 1.82) is 0 Å². The van der Waals surface area contributed by atoms with Crippen LogP contribution in [-0.2, 0) is 6.54 Å². The Morgan fingerprint density at radius 2 is 2.20 bits per heavy atom. The molecular formula is C15H16FNO3. The molecule has 0 aliphatic rings. The van der Waals surface area contributed by atoms with Gasteiger partial charge in [0.05, 0.1) is 19.9 Å². The maximum Gasteiger partial charge on any atom is 0.211 e. The van der Waals surface area contributed by atoms with E-state index in [1.165, 1.54) is 19.4 Å². The number of carbonyl (C=O) groups is 1. The van der Waals surface area contributed by atoms with Crippen molar-refractivity contribution in [2.24, 2.45) is 0 Å². The van der Waals surface area contributed by atoms with Crippen molar-refractivity contribution in [3.63, 3.8) is 0 Å². The highest BCUT2D eigenvalue weighted by atomic mass is 19.1. The van der Waals surface area contributed by atoms with Gasteiger partial charge in [0.25, 0.3) is 0 Å². The van der Waals surface area contributed by atoms with Gasteiger partial charge in [-0.3, -0.25) is 9.69 Å². The number of benzene rings is 1. The number of furan rings is 1. The Bertz CT molecular complexity index is 581. The number of halogens is 1. The quantitative estimate of drug-likeness (QED) is 0.761. The molecule has 0 aliphatic heterocycles. The summed E-state index contributed by atoms with van der Waals surface area (Å²) in [5, 5.41) is 0. The molecule has 0 fully saturated rings. The Balaban J connectivity index is 1.96. The van der Waals surface area contributed by atoms with E-state index in [-0.39, 0.29) is 18.1 Å². The van der Waals surface area contributed by atoms with Gasteiger partial charge in [-0.25, -0.2) is 4.39 Å². The van der Waals surface area contributed by atoms with E-state index in [4.69, 9.17) is 9.15 Å². The molecule has 1 heterocycles. The number of methoxy groups -OCH3 is 1. The van der Waals surface area contributed by atoms with Gasteiger partial charge in [-0.1, -0.05) is 6.07 Å². The van der Waals surface area contributed by atoms with Gasteiger partial charge in [-0.2, -0.15) is 0 Å². The summed E-state index contributed by atoms with van der Waals surface area (Å²) in [6.45, 7) is 0.675. The van der Waals surface area contributed by atoms with Crippen molar-refractivity contribution < 1.29 is 18.3 Å². The Morgan fingerprint density at radius 1 is 1.40 bits per heavy atom. The van der Waals surface area contributed by atoms with E-state index in [1.807, 2.05) is 0 Å². The number of ketones is 1. The van der Waals surface area contributed by atoms with Crippen molar-refractivity contribution in [2.75, 3.05) is 20.7 Å². The standard InChI is InChI=1S/C15H16FNO3/c1-17(10-13(18)15-4-3-7-20-15)9-11-5-6-14(19-2)12(16)8-11/h3-8H,9-10H2,1-2H3. The average molecular weight is 277 g/mol. The largest absolute Gasteiger partial charge is 0.494 e. The third-order valence-corrected chi connectivity index (χ3v) is 2.88. The van der Waals surface area contributed by atoms with Crippen LogP contribution in [0.25, 0.3) is 0 Å². The Hall–Kier alpha value is -2.14. The third-order valence-electron chi connectivity index (χ3n) is 2.88. The minimum Gasteiger partial charge on any atom is -0.494 e. The first-order valence-corrected chi connectivity index (χ1v) is 6.18. The first kappa shape index (κ1) is 14.3. The molecular weight excluding hydrogens is 261 g/mol. The molecule has 0 saturated heterocycles. The molecule has 4 nitrogen and oxygen atoms in total. The van der Waals surface area contributed by atoms with Gasteiger partial charge < -0.3 is 9.15 Å². The van der Waals surface area contributed by atoms with Crippen molar-refractivity contribution in [2.45, 2.75) is 6.54 Å². The second-order valence-electron chi connectivity index (χ2n) is 4.54. The van der Waals surface area contributed by atoms with Gasteiger partial charge in [0, 0.05) is 6.54 Å². The number of nitrogens with zero attached hydrogens (tertiary/aromatic N) is 1. The Morgan fingerprint density at radius 3 is 2.80 bits per heavy atom. The maximum atomic E-state index is 13.6. The van der Waals surface area contributed by atoms with Gasteiger partial charge in [0.15, 0.2) is 17.3 Å². The number of ether oxygens (including phenoxy) is 1. The molecule has 1 aromatic heterocycles. The zero-order valence-corrected chi connectivity index (χ0v) is 11.4. The van der Waals surface area contributed by atoms with Crippen LogP contribution in [0.4, 0.5) is 4.39 Å². The smallest absolute Gasteiger partial charge is 0.211 e. The van der Waals surface area contributed by atoms with Crippen LogP contribution in [0.3, 0.4) is 0 Å². The van der Waals surface area contributed by atoms with Crippen molar-refractivity contribution >= 4 is 5.78 Å². The summed E-state index contributed by atoms with van der Waals surface area (Å²) < 4.78 is 23.5. The van der Waals surface area contributed by atoms with Gasteiger partial charge in [0.2, 0.25) is 5.78 Å². The Kier molecular flexibility index (Phi) is 4.53. The van der Waals surface area contributed by atoms with Crippen LogP contribution in [-0.4, -0.2) is 31.4 Å². The van der Waals surface area contributed by atoms with Crippen molar-refractivity contribution in [3.8, 4) is 5.75 Å². The molecule has 1 aromatic carbocycles. The first-order valence-electron chi connectivity index (χ1n) is 6.18. The fraction of sp³-hybridized carbons (Fsp3) is 0.267. The zero-order chi connectivity index (χ0) is 14.5. The summed E-state index contributed by atoms with van der Waals surface area (Å²) >= 11 is 0. The fourth-order valence-electron chi connectivity index (χ4n) is 1.94. The first-order chi connectivity index (χ1) is 9.60. The highest BCUT2D eigenvalue weighted by Gasteiger charge is 2.12. The third kappa shape index (κ3) is 3.45. The number of hydrogen-bond donors (Lipinski definition) is 0. The van der Waals surface area contributed by atoms with Gasteiger partial charge >= 0.3 is 0 Å². The lowest BCUT2D eigenvalue weighted by Crippen LogP contribution is -2.25. The number of Topliss-reactive ketones (excluding diaryl/α,β-unsaturated/α-hetero) is 1. The molecule has 0 N–H and O–H groups in total. The second kappa shape index (κ2) is 6.34. The van der Waals surface area contributed by atoms with E-state index in [0.717, 1.165) is 5.56 Å². The molecule has 0 radical (unpaired) electrons. The lowest BCUT2D eigenvalue weighted by Gasteiger charge is -2.15. The molecule has 0 saturated carbocycles. The van der Waals surface area contributed by atoms with Crippen LogP contribution >= 0.6 is 0 Å². The van der Waals surface area contributed by atoms with Crippen LogP contribution in [0, 0.1) is 5.82 Å².